The fourth-order valence-corrected chi connectivity index (χ4v) is 1.76. The molecule has 1 aromatic rings. The first kappa shape index (κ1) is 11.2. The van der Waals surface area contributed by atoms with Gasteiger partial charge < -0.3 is 10.6 Å². The predicted octanol–water partition coefficient (Wildman–Crippen LogP) is 2.44. The lowest BCUT2D eigenvalue weighted by Crippen LogP contribution is -2.27. The Bertz CT molecular complexity index is 347. The van der Waals surface area contributed by atoms with Crippen LogP contribution in [0.3, 0.4) is 0 Å². The predicted molar refractivity (Wildman–Crippen MR) is 66.8 cm³/mol. The van der Waals surface area contributed by atoms with Gasteiger partial charge in [-0.3, -0.25) is 0 Å². The summed E-state index contributed by atoms with van der Waals surface area (Å²) in [5.41, 5.74) is 0. The zero-order valence-electron chi connectivity index (χ0n) is 10.1. The molecule has 1 fully saturated rings. The molecule has 0 spiro atoms. The Balaban J connectivity index is 2.11. The first-order chi connectivity index (χ1) is 7.81. The fourth-order valence-electron chi connectivity index (χ4n) is 1.76. The van der Waals surface area contributed by atoms with E-state index in [1.54, 1.807) is 0 Å². The Morgan fingerprint density at radius 2 is 2.00 bits per heavy atom. The SMILES string of the molecule is CCNc1cc(NC2CCC2)nc(CC)n1. The van der Waals surface area contributed by atoms with E-state index >= 15 is 0 Å². The van der Waals surface area contributed by atoms with Crippen molar-refractivity contribution in [1.29, 1.82) is 0 Å². The number of nitrogens with zero attached hydrogens (tertiary/aromatic N) is 2. The van der Waals surface area contributed by atoms with Gasteiger partial charge in [0.15, 0.2) is 0 Å². The first-order valence-electron chi connectivity index (χ1n) is 6.20. The van der Waals surface area contributed by atoms with Gasteiger partial charge in [-0.1, -0.05) is 6.92 Å². The Labute approximate surface area is 96.9 Å². The number of anilines is 2. The summed E-state index contributed by atoms with van der Waals surface area (Å²) in [5.74, 6) is 2.80. The summed E-state index contributed by atoms with van der Waals surface area (Å²) >= 11 is 0. The maximum absolute atomic E-state index is 4.49. The van der Waals surface area contributed by atoms with Crippen LogP contribution in [0, 0.1) is 0 Å². The number of aromatic nitrogens is 2. The van der Waals surface area contributed by atoms with Gasteiger partial charge in [0.05, 0.1) is 0 Å². The molecule has 0 amide bonds. The molecule has 2 rings (SSSR count). The lowest BCUT2D eigenvalue weighted by molar-refractivity contribution is 0.444. The second-order valence-electron chi connectivity index (χ2n) is 4.21. The van der Waals surface area contributed by atoms with Crippen molar-refractivity contribution in [3.8, 4) is 0 Å². The molecule has 88 valence electrons. The summed E-state index contributed by atoms with van der Waals surface area (Å²) < 4.78 is 0. The van der Waals surface area contributed by atoms with Crippen molar-refractivity contribution in [1.82, 2.24) is 9.97 Å². The van der Waals surface area contributed by atoms with E-state index in [4.69, 9.17) is 0 Å². The molecule has 0 saturated heterocycles. The quantitative estimate of drug-likeness (QED) is 0.800. The average Bonchev–Trinajstić information content (AvgIpc) is 2.24. The lowest BCUT2D eigenvalue weighted by Gasteiger charge is -2.27. The van der Waals surface area contributed by atoms with Crippen LogP contribution >= 0.6 is 0 Å². The molecule has 1 saturated carbocycles. The molecule has 0 radical (unpaired) electrons. The van der Waals surface area contributed by atoms with Crippen molar-refractivity contribution < 1.29 is 0 Å². The number of aryl methyl sites for hydroxylation is 1. The second kappa shape index (κ2) is 5.14. The van der Waals surface area contributed by atoms with Crippen molar-refractivity contribution in [2.45, 2.75) is 45.6 Å². The van der Waals surface area contributed by atoms with Crippen molar-refractivity contribution >= 4 is 11.6 Å². The van der Waals surface area contributed by atoms with E-state index in [0.29, 0.717) is 6.04 Å². The van der Waals surface area contributed by atoms with Crippen molar-refractivity contribution in [2.75, 3.05) is 17.2 Å². The molecule has 1 aliphatic carbocycles. The number of hydrogen-bond acceptors (Lipinski definition) is 4. The molecule has 0 unspecified atom stereocenters. The van der Waals surface area contributed by atoms with Crippen LogP contribution in [-0.4, -0.2) is 22.6 Å². The van der Waals surface area contributed by atoms with E-state index in [9.17, 15) is 0 Å². The van der Waals surface area contributed by atoms with E-state index in [2.05, 4.69) is 34.4 Å². The van der Waals surface area contributed by atoms with Gasteiger partial charge in [0.2, 0.25) is 0 Å². The van der Waals surface area contributed by atoms with Gasteiger partial charge in [0, 0.05) is 25.1 Å². The normalized spacial score (nSPS) is 15.6. The van der Waals surface area contributed by atoms with Crippen molar-refractivity contribution in [3.63, 3.8) is 0 Å². The van der Waals surface area contributed by atoms with E-state index in [0.717, 1.165) is 30.4 Å². The van der Waals surface area contributed by atoms with Crippen LogP contribution in [0.25, 0.3) is 0 Å². The molecular formula is C12H20N4. The van der Waals surface area contributed by atoms with Gasteiger partial charge in [-0.2, -0.15) is 0 Å². The maximum atomic E-state index is 4.49. The first-order valence-corrected chi connectivity index (χ1v) is 6.20. The van der Waals surface area contributed by atoms with E-state index in [1.165, 1.54) is 19.3 Å². The maximum Gasteiger partial charge on any atom is 0.132 e. The Hall–Kier alpha value is -1.32. The van der Waals surface area contributed by atoms with Crippen LogP contribution in [0.2, 0.25) is 0 Å². The highest BCUT2D eigenvalue weighted by atomic mass is 15.1. The van der Waals surface area contributed by atoms with Crippen molar-refractivity contribution in [2.24, 2.45) is 0 Å². The van der Waals surface area contributed by atoms with E-state index in [1.807, 2.05) is 6.07 Å². The van der Waals surface area contributed by atoms with Crippen LogP contribution in [0.15, 0.2) is 6.07 Å². The summed E-state index contributed by atoms with van der Waals surface area (Å²) in [6.07, 6.45) is 4.74. The Kier molecular flexibility index (Phi) is 3.59. The van der Waals surface area contributed by atoms with Crippen LogP contribution in [-0.2, 0) is 6.42 Å². The highest BCUT2D eigenvalue weighted by molar-refractivity contribution is 5.48. The van der Waals surface area contributed by atoms with Gasteiger partial charge >= 0.3 is 0 Å². The molecule has 0 aromatic carbocycles. The summed E-state index contributed by atoms with van der Waals surface area (Å²) in [4.78, 5) is 8.92. The molecule has 1 heterocycles. The van der Waals surface area contributed by atoms with Gasteiger partial charge in [-0.05, 0) is 26.2 Å². The minimum Gasteiger partial charge on any atom is -0.370 e. The second-order valence-corrected chi connectivity index (χ2v) is 4.21. The van der Waals surface area contributed by atoms with Crippen molar-refractivity contribution in [3.05, 3.63) is 11.9 Å². The monoisotopic (exact) mass is 220 g/mol. The van der Waals surface area contributed by atoms with Gasteiger partial charge in [0.25, 0.3) is 0 Å². The topological polar surface area (TPSA) is 49.8 Å². The highest BCUT2D eigenvalue weighted by Crippen LogP contribution is 2.23. The smallest absolute Gasteiger partial charge is 0.132 e. The summed E-state index contributed by atoms with van der Waals surface area (Å²) in [7, 11) is 0. The molecule has 2 N–H and O–H groups in total. The summed E-state index contributed by atoms with van der Waals surface area (Å²) in [6, 6.07) is 2.62. The van der Waals surface area contributed by atoms with Crippen LogP contribution in [0.4, 0.5) is 11.6 Å². The molecule has 1 aromatic heterocycles. The molecule has 0 aliphatic heterocycles. The third-order valence-electron chi connectivity index (χ3n) is 2.90. The van der Waals surface area contributed by atoms with Gasteiger partial charge in [-0.25, -0.2) is 9.97 Å². The van der Waals surface area contributed by atoms with Gasteiger partial charge in [0.1, 0.15) is 17.5 Å². The molecule has 0 bridgehead atoms. The van der Waals surface area contributed by atoms with Crippen LogP contribution in [0.5, 0.6) is 0 Å². The molecule has 16 heavy (non-hydrogen) atoms. The zero-order chi connectivity index (χ0) is 11.4. The van der Waals surface area contributed by atoms with Gasteiger partial charge in [-0.15, -0.1) is 0 Å². The number of rotatable bonds is 5. The van der Waals surface area contributed by atoms with Crippen LogP contribution < -0.4 is 10.6 Å². The Morgan fingerprint density at radius 3 is 2.56 bits per heavy atom. The Morgan fingerprint density at radius 1 is 1.25 bits per heavy atom. The number of nitrogens with one attached hydrogen (secondary N) is 2. The van der Waals surface area contributed by atoms with E-state index < -0.39 is 0 Å². The summed E-state index contributed by atoms with van der Waals surface area (Å²) in [5, 5.41) is 6.70. The largest absolute Gasteiger partial charge is 0.370 e. The molecule has 4 nitrogen and oxygen atoms in total. The lowest BCUT2D eigenvalue weighted by atomic mass is 9.93. The number of hydrogen-bond donors (Lipinski definition) is 2. The minimum absolute atomic E-state index is 0.620. The minimum atomic E-state index is 0.620. The molecule has 4 heteroatoms. The molecular weight excluding hydrogens is 200 g/mol. The average molecular weight is 220 g/mol. The molecule has 0 atom stereocenters. The highest BCUT2D eigenvalue weighted by Gasteiger charge is 2.17. The zero-order valence-corrected chi connectivity index (χ0v) is 10.1. The standard InChI is InChI=1S/C12H20N4/c1-3-10-15-11(13-4-2)8-12(16-10)14-9-6-5-7-9/h8-9H,3-7H2,1-2H3,(H2,13,14,15,16). The third-order valence-corrected chi connectivity index (χ3v) is 2.90. The van der Waals surface area contributed by atoms with E-state index in [-0.39, 0.29) is 0 Å². The summed E-state index contributed by atoms with van der Waals surface area (Å²) in [6.45, 7) is 5.05. The van der Waals surface area contributed by atoms with Crippen LogP contribution in [0.1, 0.15) is 38.9 Å². The third kappa shape index (κ3) is 2.62. The molecule has 1 aliphatic rings. The fraction of sp³-hybridized carbons (Fsp3) is 0.667.